The van der Waals surface area contributed by atoms with Crippen molar-refractivity contribution in [3.05, 3.63) is 18.0 Å². The highest BCUT2D eigenvalue weighted by Gasteiger charge is 2.27. The zero-order chi connectivity index (χ0) is 13.9. The molecule has 6 heteroatoms. The maximum Gasteiger partial charge on any atom is 0.244 e. The molecule has 0 spiro atoms. The molecule has 1 unspecified atom stereocenters. The first-order chi connectivity index (χ1) is 9.07. The first-order valence-electron chi connectivity index (χ1n) is 6.81. The van der Waals surface area contributed by atoms with Gasteiger partial charge in [-0.1, -0.05) is 13.3 Å². The lowest BCUT2D eigenvalue weighted by Crippen LogP contribution is -2.31. The largest absolute Gasteiger partial charge is 0.363 e. The molecule has 1 aromatic heterocycles. The predicted octanol–water partition coefficient (Wildman–Crippen LogP) is 2.95. The second-order valence-electron chi connectivity index (χ2n) is 5.10. The lowest BCUT2D eigenvalue weighted by Gasteiger charge is -2.19. The Morgan fingerprint density at radius 1 is 1.42 bits per heavy atom. The molecule has 1 aromatic rings. The molecule has 0 aliphatic carbocycles. The van der Waals surface area contributed by atoms with Gasteiger partial charge in [-0.25, -0.2) is 8.42 Å². The maximum absolute atomic E-state index is 12.5. The molecule has 1 N–H and O–H groups in total. The van der Waals surface area contributed by atoms with Crippen molar-refractivity contribution in [3.8, 4) is 0 Å². The second-order valence-corrected chi connectivity index (χ2v) is 7.31. The van der Waals surface area contributed by atoms with Gasteiger partial charge in [0.1, 0.15) is 0 Å². The molecule has 1 aliphatic heterocycles. The van der Waals surface area contributed by atoms with Crippen LogP contribution in [-0.4, -0.2) is 30.8 Å². The summed E-state index contributed by atoms with van der Waals surface area (Å²) < 4.78 is 26.7. The van der Waals surface area contributed by atoms with E-state index in [1.54, 1.807) is 10.4 Å². The molecular formula is C13H21ClN2O2S. The summed E-state index contributed by atoms with van der Waals surface area (Å²) in [4.78, 5) is 3.23. The second kappa shape index (κ2) is 6.29. The van der Waals surface area contributed by atoms with Crippen molar-refractivity contribution >= 4 is 21.6 Å². The van der Waals surface area contributed by atoms with Crippen LogP contribution in [-0.2, 0) is 15.9 Å². The summed E-state index contributed by atoms with van der Waals surface area (Å²) >= 11 is 5.70. The molecule has 19 heavy (non-hydrogen) atoms. The van der Waals surface area contributed by atoms with E-state index in [0.717, 1.165) is 31.4 Å². The molecule has 1 atom stereocenters. The van der Waals surface area contributed by atoms with Gasteiger partial charge in [-0.3, -0.25) is 0 Å². The average Bonchev–Trinajstić information content (AvgIpc) is 2.76. The normalized spacial score (nSPS) is 22.3. The van der Waals surface area contributed by atoms with Gasteiger partial charge in [0.05, 0.1) is 10.8 Å². The van der Waals surface area contributed by atoms with Crippen LogP contribution in [0.2, 0.25) is 0 Å². The summed E-state index contributed by atoms with van der Waals surface area (Å²) in [5, 5.41) is 0. The van der Waals surface area contributed by atoms with Crippen molar-refractivity contribution in [2.45, 2.75) is 43.4 Å². The molecule has 0 bridgehead atoms. The lowest BCUT2D eigenvalue weighted by molar-refractivity contribution is 0.407. The number of nitrogens with one attached hydrogen (secondary N) is 1. The quantitative estimate of drug-likeness (QED) is 0.870. The Kier molecular flexibility index (Phi) is 4.92. The molecule has 0 radical (unpaired) electrons. The first-order valence-corrected chi connectivity index (χ1v) is 8.78. The number of rotatable bonds is 4. The van der Waals surface area contributed by atoms with Gasteiger partial charge in [-0.2, -0.15) is 4.31 Å². The van der Waals surface area contributed by atoms with Gasteiger partial charge in [0, 0.05) is 25.0 Å². The van der Waals surface area contributed by atoms with E-state index in [0.29, 0.717) is 29.8 Å². The summed E-state index contributed by atoms with van der Waals surface area (Å²) in [7, 11) is -3.36. The molecule has 108 valence electrons. The number of hydrogen-bond donors (Lipinski definition) is 1. The molecule has 2 heterocycles. The van der Waals surface area contributed by atoms with Crippen molar-refractivity contribution in [3.63, 3.8) is 0 Å². The molecule has 2 rings (SSSR count). The van der Waals surface area contributed by atoms with Crippen LogP contribution < -0.4 is 0 Å². The van der Waals surface area contributed by atoms with E-state index >= 15 is 0 Å². The molecule has 4 nitrogen and oxygen atoms in total. The summed E-state index contributed by atoms with van der Waals surface area (Å²) in [5.41, 5.74) is 0.737. The molecular weight excluding hydrogens is 284 g/mol. The Morgan fingerprint density at radius 2 is 2.21 bits per heavy atom. The number of halogens is 1. The number of sulfonamides is 1. The van der Waals surface area contributed by atoms with E-state index in [9.17, 15) is 8.42 Å². The molecule has 1 saturated heterocycles. The fourth-order valence-electron chi connectivity index (χ4n) is 2.58. The summed E-state index contributed by atoms with van der Waals surface area (Å²) in [6, 6.07) is 1.63. The van der Waals surface area contributed by atoms with Gasteiger partial charge in [0.15, 0.2) is 0 Å². The maximum atomic E-state index is 12.5. The summed E-state index contributed by atoms with van der Waals surface area (Å²) in [6.07, 6.45) is 5.71. The van der Waals surface area contributed by atoms with Crippen molar-refractivity contribution in [1.29, 1.82) is 0 Å². The lowest BCUT2D eigenvalue weighted by atomic mass is 9.98. The highest BCUT2D eigenvalue weighted by atomic mass is 35.5. The monoisotopic (exact) mass is 304 g/mol. The van der Waals surface area contributed by atoms with Crippen LogP contribution in [0.1, 0.15) is 38.3 Å². The number of H-pyrrole nitrogens is 1. The number of aromatic amines is 1. The van der Waals surface area contributed by atoms with Crippen molar-refractivity contribution in [2.24, 2.45) is 5.92 Å². The Morgan fingerprint density at radius 3 is 2.84 bits per heavy atom. The summed E-state index contributed by atoms with van der Waals surface area (Å²) in [5.74, 6) is 0.956. The smallest absolute Gasteiger partial charge is 0.244 e. The Labute approximate surface area is 120 Å². The van der Waals surface area contributed by atoms with Crippen LogP contribution in [0.5, 0.6) is 0 Å². The van der Waals surface area contributed by atoms with Crippen LogP contribution in [0, 0.1) is 5.92 Å². The molecule has 0 aromatic carbocycles. The van der Waals surface area contributed by atoms with Crippen LogP contribution in [0.25, 0.3) is 0 Å². The standard InChI is InChI=1S/C13H21ClN2O2S/c1-2-11-4-3-6-16(7-5-11)19(17,18)13-8-12(9-14)15-10-13/h8,10-11,15H,2-7,9H2,1H3. The topological polar surface area (TPSA) is 53.2 Å². The minimum atomic E-state index is -3.36. The van der Waals surface area contributed by atoms with E-state index in [1.807, 2.05) is 0 Å². The van der Waals surface area contributed by atoms with E-state index in [2.05, 4.69) is 11.9 Å². The first kappa shape index (κ1) is 14.9. The van der Waals surface area contributed by atoms with Crippen molar-refractivity contribution < 1.29 is 8.42 Å². The third kappa shape index (κ3) is 3.33. The van der Waals surface area contributed by atoms with Crippen LogP contribution >= 0.6 is 11.6 Å². The molecule has 0 amide bonds. The number of aromatic nitrogens is 1. The van der Waals surface area contributed by atoms with Gasteiger partial charge in [-0.05, 0) is 31.2 Å². The SMILES string of the molecule is CCC1CCCN(S(=O)(=O)c2c[nH]c(CCl)c2)CC1. The Hall–Kier alpha value is -0.520. The fraction of sp³-hybridized carbons (Fsp3) is 0.692. The van der Waals surface area contributed by atoms with Gasteiger partial charge in [-0.15, -0.1) is 11.6 Å². The minimum absolute atomic E-state index is 0.299. The zero-order valence-corrected chi connectivity index (χ0v) is 12.8. The average molecular weight is 305 g/mol. The number of nitrogens with zero attached hydrogens (tertiary/aromatic N) is 1. The van der Waals surface area contributed by atoms with Crippen LogP contribution in [0.4, 0.5) is 0 Å². The number of hydrogen-bond acceptors (Lipinski definition) is 2. The van der Waals surface area contributed by atoms with E-state index in [1.165, 1.54) is 6.20 Å². The van der Waals surface area contributed by atoms with E-state index in [-0.39, 0.29) is 0 Å². The molecule has 0 saturated carbocycles. The van der Waals surface area contributed by atoms with Gasteiger partial charge in [0.2, 0.25) is 10.0 Å². The highest BCUT2D eigenvalue weighted by molar-refractivity contribution is 7.89. The molecule has 1 aliphatic rings. The van der Waals surface area contributed by atoms with Crippen LogP contribution in [0.3, 0.4) is 0 Å². The highest BCUT2D eigenvalue weighted by Crippen LogP contribution is 2.25. The minimum Gasteiger partial charge on any atom is -0.363 e. The Balaban J connectivity index is 2.15. The van der Waals surface area contributed by atoms with Crippen LogP contribution in [0.15, 0.2) is 17.2 Å². The van der Waals surface area contributed by atoms with Crippen molar-refractivity contribution in [2.75, 3.05) is 13.1 Å². The van der Waals surface area contributed by atoms with E-state index in [4.69, 9.17) is 11.6 Å². The predicted molar refractivity (Wildman–Crippen MR) is 76.7 cm³/mol. The summed E-state index contributed by atoms with van der Waals surface area (Å²) in [6.45, 7) is 3.43. The Bertz CT molecular complexity index is 512. The fourth-order valence-corrected chi connectivity index (χ4v) is 4.25. The third-order valence-electron chi connectivity index (χ3n) is 3.88. The molecule has 1 fully saturated rings. The van der Waals surface area contributed by atoms with Crippen molar-refractivity contribution in [1.82, 2.24) is 9.29 Å². The van der Waals surface area contributed by atoms with Gasteiger partial charge < -0.3 is 4.98 Å². The number of alkyl halides is 1. The van der Waals surface area contributed by atoms with Gasteiger partial charge in [0.25, 0.3) is 0 Å². The van der Waals surface area contributed by atoms with Gasteiger partial charge >= 0.3 is 0 Å². The van der Waals surface area contributed by atoms with E-state index < -0.39 is 10.0 Å². The third-order valence-corrected chi connectivity index (χ3v) is 6.05. The zero-order valence-electron chi connectivity index (χ0n) is 11.2.